The lowest BCUT2D eigenvalue weighted by atomic mass is 10.1. The molecule has 18 heavy (non-hydrogen) atoms. The SMILES string of the molecule is COc1ccc(CCN2CCNCC2)c(F)c1Br. The highest BCUT2D eigenvalue weighted by Gasteiger charge is 2.14. The molecule has 100 valence electrons. The second-order valence-corrected chi connectivity index (χ2v) is 5.19. The molecule has 0 bridgehead atoms. The van der Waals surface area contributed by atoms with E-state index in [1.54, 1.807) is 19.2 Å². The summed E-state index contributed by atoms with van der Waals surface area (Å²) in [4.78, 5) is 2.36. The fourth-order valence-corrected chi connectivity index (χ4v) is 2.68. The van der Waals surface area contributed by atoms with Gasteiger partial charge in [-0.3, -0.25) is 0 Å². The van der Waals surface area contributed by atoms with E-state index in [2.05, 4.69) is 26.1 Å². The van der Waals surface area contributed by atoms with Crippen LogP contribution in [0, 0.1) is 5.82 Å². The van der Waals surface area contributed by atoms with Crippen molar-refractivity contribution >= 4 is 15.9 Å². The molecule has 0 amide bonds. The van der Waals surface area contributed by atoms with Gasteiger partial charge < -0.3 is 15.0 Å². The van der Waals surface area contributed by atoms with E-state index in [0.717, 1.165) is 44.7 Å². The Labute approximate surface area is 115 Å². The van der Waals surface area contributed by atoms with Crippen molar-refractivity contribution in [1.82, 2.24) is 10.2 Å². The molecule has 1 saturated heterocycles. The van der Waals surface area contributed by atoms with Crippen molar-refractivity contribution in [1.29, 1.82) is 0 Å². The second kappa shape index (κ2) is 6.50. The van der Waals surface area contributed by atoms with E-state index in [4.69, 9.17) is 4.74 Å². The first kappa shape index (κ1) is 13.8. The van der Waals surface area contributed by atoms with E-state index in [1.807, 2.05) is 0 Å². The highest BCUT2D eigenvalue weighted by atomic mass is 79.9. The number of ether oxygens (including phenoxy) is 1. The molecular formula is C13H18BrFN2O. The van der Waals surface area contributed by atoms with Gasteiger partial charge in [-0.1, -0.05) is 6.07 Å². The molecule has 0 saturated carbocycles. The average Bonchev–Trinajstić information content (AvgIpc) is 2.42. The molecule has 0 atom stereocenters. The van der Waals surface area contributed by atoms with E-state index >= 15 is 0 Å². The lowest BCUT2D eigenvalue weighted by Gasteiger charge is -2.27. The highest BCUT2D eigenvalue weighted by molar-refractivity contribution is 9.10. The zero-order valence-electron chi connectivity index (χ0n) is 10.5. The summed E-state index contributed by atoms with van der Waals surface area (Å²) in [6.07, 6.45) is 0.731. The number of benzene rings is 1. The molecule has 3 nitrogen and oxygen atoms in total. The van der Waals surface area contributed by atoms with Gasteiger partial charge in [0.05, 0.1) is 11.6 Å². The third-order valence-corrected chi connectivity index (χ3v) is 3.99. The van der Waals surface area contributed by atoms with Crippen molar-refractivity contribution in [2.75, 3.05) is 39.8 Å². The molecule has 0 aromatic heterocycles. The number of halogens is 2. The fraction of sp³-hybridized carbons (Fsp3) is 0.538. The molecule has 0 aliphatic carbocycles. The van der Waals surface area contributed by atoms with Crippen molar-refractivity contribution in [3.8, 4) is 5.75 Å². The highest BCUT2D eigenvalue weighted by Crippen LogP contribution is 2.29. The van der Waals surface area contributed by atoms with E-state index in [0.29, 0.717) is 10.2 Å². The molecule has 1 aromatic rings. The summed E-state index contributed by atoms with van der Waals surface area (Å²) in [7, 11) is 1.54. The number of rotatable bonds is 4. The summed E-state index contributed by atoms with van der Waals surface area (Å²) < 4.78 is 19.5. The summed E-state index contributed by atoms with van der Waals surface area (Å²) >= 11 is 3.23. The van der Waals surface area contributed by atoms with Crippen LogP contribution in [0.5, 0.6) is 5.75 Å². The van der Waals surface area contributed by atoms with E-state index < -0.39 is 0 Å². The van der Waals surface area contributed by atoms with Crippen LogP contribution in [0.1, 0.15) is 5.56 Å². The van der Waals surface area contributed by atoms with Gasteiger partial charge in [-0.25, -0.2) is 4.39 Å². The predicted molar refractivity (Wildman–Crippen MR) is 73.7 cm³/mol. The van der Waals surface area contributed by atoms with Crippen LogP contribution in [0.25, 0.3) is 0 Å². The maximum Gasteiger partial charge on any atom is 0.144 e. The number of methoxy groups -OCH3 is 1. The molecule has 1 aromatic carbocycles. The van der Waals surface area contributed by atoms with Gasteiger partial charge in [0, 0.05) is 32.7 Å². The Morgan fingerprint density at radius 3 is 2.78 bits per heavy atom. The third-order valence-electron chi connectivity index (χ3n) is 3.25. The van der Waals surface area contributed by atoms with Gasteiger partial charge in [-0.05, 0) is 34.0 Å². The second-order valence-electron chi connectivity index (χ2n) is 4.40. The molecule has 1 N–H and O–H groups in total. The fourth-order valence-electron chi connectivity index (χ4n) is 2.14. The van der Waals surface area contributed by atoms with Gasteiger partial charge in [0.15, 0.2) is 0 Å². The minimum atomic E-state index is -0.204. The Kier molecular flexibility index (Phi) is 4.97. The average molecular weight is 317 g/mol. The normalized spacial score (nSPS) is 16.8. The van der Waals surface area contributed by atoms with E-state index in [9.17, 15) is 4.39 Å². The largest absolute Gasteiger partial charge is 0.495 e. The quantitative estimate of drug-likeness (QED) is 0.920. The van der Waals surface area contributed by atoms with Crippen LogP contribution in [-0.4, -0.2) is 44.7 Å². The van der Waals surface area contributed by atoms with Gasteiger partial charge in [-0.15, -0.1) is 0 Å². The first-order valence-corrected chi connectivity index (χ1v) is 6.95. The van der Waals surface area contributed by atoms with Gasteiger partial charge in [0.1, 0.15) is 11.6 Å². The monoisotopic (exact) mass is 316 g/mol. The molecule has 0 unspecified atom stereocenters. The Balaban J connectivity index is 1.98. The van der Waals surface area contributed by atoms with Gasteiger partial charge in [-0.2, -0.15) is 0 Å². The maximum atomic E-state index is 14.0. The van der Waals surface area contributed by atoms with Crippen LogP contribution in [0.15, 0.2) is 16.6 Å². The maximum absolute atomic E-state index is 14.0. The lowest BCUT2D eigenvalue weighted by molar-refractivity contribution is 0.243. The number of nitrogens with one attached hydrogen (secondary N) is 1. The van der Waals surface area contributed by atoms with Crippen LogP contribution in [0.2, 0.25) is 0 Å². The van der Waals surface area contributed by atoms with Gasteiger partial charge in [0.25, 0.3) is 0 Å². The molecule has 0 spiro atoms. The first-order chi connectivity index (χ1) is 8.72. The molecule has 2 rings (SSSR count). The van der Waals surface area contributed by atoms with Gasteiger partial charge in [0.2, 0.25) is 0 Å². The molecule has 1 fully saturated rings. The van der Waals surface area contributed by atoms with Crippen LogP contribution in [0.3, 0.4) is 0 Å². The summed E-state index contributed by atoms with van der Waals surface area (Å²) in [5, 5.41) is 3.31. The summed E-state index contributed by atoms with van der Waals surface area (Å²) in [6.45, 7) is 5.03. The van der Waals surface area contributed by atoms with Crippen molar-refractivity contribution in [2.24, 2.45) is 0 Å². The molecule has 5 heteroatoms. The Morgan fingerprint density at radius 2 is 2.11 bits per heavy atom. The number of piperazine rings is 1. The lowest BCUT2D eigenvalue weighted by Crippen LogP contribution is -2.44. The minimum absolute atomic E-state index is 0.204. The Morgan fingerprint density at radius 1 is 1.39 bits per heavy atom. The first-order valence-electron chi connectivity index (χ1n) is 6.16. The number of nitrogens with zero attached hydrogens (tertiary/aromatic N) is 1. The third kappa shape index (κ3) is 3.22. The Hall–Kier alpha value is -0.650. The van der Waals surface area contributed by atoms with Crippen LogP contribution < -0.4 is 10.1 Å². The standard InChI is InChI=1S/C13H18BrFN2O/c1-18-11-3-2-10(13(15)12(11)14)4-7-17-8-5-16-6-9-17/h2-3,16H,4-9H2,1H3. The van der Waals surface area contributed by atoms with Gasteiger partial charge >= 0.3 is 0 Å². The van der Waals surface area contributed by atoms with Crippen molar-refractivity contribution in [3.05, 3.63) is 28.0 Å². The minimum Gasteiger partial charge on any atom is -0.495 e. The zero-order chi connectivity index (χ0) is 13.0. The predicted octanol–water partition coefficient (Wildman–Crippen LogP) is 2.04. The molecule has 1 heterocycles. The summed E-state index contributed by atoms with van der Waals surface area (Å²) in [6, 6.07) is 3.61. The zero-order valence-corrected chi connectivity index (χ0v) is 12.1. The van der Waals surface area contributed by atoms with E-state index in [-0.39, 0.29) is 5.82 Å². The smallest absolute Gasteiger partial charge is 0.144 e. The van der Waals surface area contributed by atoms with Crippen molar-refractivity contribution in [2.45, 2.75) is 6.42 Å². The van der Waals surface area contributed by atoms with E-state index in [1.165, 1.54) is 0 Å². The molecule has 1 aliphatic heterocycles. The summed E-state index contributed by atoms with van der Waals surface area (Å²) in [5.41, 5.74) is 0.737. The molecule has 1 aliphatic rings. The number of hydrogen-bond acceptors (Lipinski definition) is 3. The van der Waals surface area contributed by atoms with Crippen molar-refractivity contribution < 1.29 is 9.13 Å². The van der Waals surface area contributed by atoms with Crippen LogP contribution in [-0.2, 0) is 6.42 Å². The number of hydrogen-bond donors (Lipinski definition) is 1. The molecule has 0 radical (unpaired) electrons. The molecular weight excluding hydrogens is 299 g/mol. The van der Waals surface area contributed by atoms with Crippen LogP contribution in [0.4, 0.5) is 4.39 Å². The van der Waals surface area contributed by atoms with Crippen molar-refractivity contribution in [3.63, 3.8) is 0 Å². The topological polar surface area (TPSA) is 24.5 Å². The van der Waals surface area contributed by atoms with Crippen LogP contribution >= 0.6 is 15.9 Å². The summed E-state index contributed by atoms with van der Waals surface area (Å²) in [5.74, 6) is 0.336. The Bertz CT molecular complexity index is 408.